The smallest absolute Gasteiger partial charge is 0.256 e. The molecule has 0 aromatic heterocycles. The van der Waals surface area contributed by atoms with Crippen LogP contribution in [0, 0.1) is 6.92 Å². The second kappa shape index (κ2) is 7.49. The van der Waals surface area contributed by atoms with Crippen molar-refractivity contribution in [3.8, 4) is 0 Å². The highest BCUT2D eigenvalue weighted by molar-refractivity contribution is 5.82. The number of rotatable bonds is 3. The number of nitrogens with zero attached hydrogens (tertiary/aromatic N) is 2. The van der Waals surface area contributed by atoms with Gasteiger partial charge >= 0.3 is 0 Å². The zero-order valence-corrected chi connectivity index (χ0v) is 14.1. The molecule has 24 heavy (non-hydrogen) atoms. The number of para-hydroxylation sites is 1. The average molecular weight is 324 g/mol. The summed E-state index contributed by atoms with van der Waals surface area (Å²) in [5.41, 5.74) is 3.14. The second-order valence-electron chi connectivity index (χ2n) is 6.27. The molecule has 1 N–H and O–H groups in total. The van der Waals surface area contributed by atoms with Gasteiger partial charge in [0, 0.05) is 31.9 Å². The number of hydrogen-bond donors (Lipinski definition) is 1. The van der Waals surface area contributed by atoms with Crippen LogP contribution in [0.2, 0.25) is 0 Å². The van der Waals surface area contributed by atoms with Crippen molar-refractivity contribution < 1.29 is 9.90 Å². The molecule has 4 nitrogen and oxygen atoms in total. The number of carbonyl (C=O) groups is 1. The first-order valence-corrected chi connectivity index (χ1v) is 8.49. The van der Waals surface area contributed by atoms with Gasteiger partial charge in [0.25, 0.3) is 5.91 Å². The van der Waals surface area contributed by atoms with Crippen LogP contribution in [-0.2, 0) is 4.79 Å². The number of carbonyl (C=O) groups excluding carboxylic acids is 1. The molecule has 0 bridgehead atoms. The molecule has 4 heteroatoms. The zero-order valence-electron chi connectivity index (χ0n) is 14.1. The van der Waals surface area contributed by atoms with E-state index in [2.05, 4.69) is 30.0 Å². The van der Waals surface area contributed by atoms with Crippen LogP contribution >= 0.6 is 0 Å². The lowest BCUT2D eigenvalue weighted by molar-refractivity contribution is -0.140. The predicted octanol–water partition coefficient (Wildman–Crippen LogP) is 2.77. The van der Waals surface area contributed by atoms with Crippen LogP contribution < -0.4 is 4.90 Å². The number of amides is 1. The van der Waals surface area contributed by atoms with Crippen LogP contribution in [0.15, 0.2) is 54.6 Å². The molecule has 0 spiro atoms. The largest absolute Gasteiger partial charge is 0.378 e. The summed E-state index contributed by atoms with van der Waals surface area (Å²) in [6.45, 7) is 5.15. The van der Waals surface area contributed by atoms with E-state index in [1.54, 1.807) is 17.0 Å². The van der Waals surface area contributed by atoms with Crippen molar-refractivity contribution in [2.24, 2.45) is 0 Å². The molecule has 0 saturated carbocycles. The molecule has 126 valence electrons. The lowest BCUT2D eigenvalue weighted by Gasteiger charge is -2.26. The lowest BCUT2D eigenvalue weighted by Crippen LogP contribution is -2.38. The Morgan fingerprint density at radius 1 is 0.958 bits per heavy atom. The minimum atomic E-state index is -1.07. The Morgan fingerprint density at radius 3 is 2.42 bits per heavy atom. The van der Waals surface area contributed by atoms with Gasteiger partial charge in [0.05, 0.1) is 0 Å². The fourth-order valence-electron chi connectivity index (χ4n) is 3.25. The van der Waals surface area contributed by atoms with Gasteiger partial charge in [-0.05, 0) is 30.5 Å². The number of aryl methyl sites for hydroxylation is 1. The van der Waals surface area contributed by atoms with Gasteiger partial charge in [-0.15, -0.1) is 0 Å². The van der Waals surface area contributed by atoms with Gasteiger partial charge < -0.3 is 14.9 Å². The molecule has 0 radical (unpaired) electrons. The SMILES string of the molecule is Cc1ccccc1N1CCCN(C(=O)[C@H](O)c2ccccc2)CC1. The fraction of sp³-hybridized carbons (Fsp3) is 0.350. The van der Waals surface area contributed by atoms with Crippen molar-refractivity contribution in [2.45, 2.75) is 19.4 Å². The normalized spacial score (nSPS) is 16.6. The van der Waals surface area contributed by atoms with Gasteiger partial charge in [-0.2, -0.15) is 0 Å². The molecule has 1 saturated heterocycles. The Kier molecular flexibility index (Phi) is 5.16. The standard InChI is InChI=1S/C20H24N2O2/c1-16-8-5-6-11-18(16)21-12-7-13-22(15-14-21)20(24)19(23)17-9-3-2-4-10-17/h2-6,8-11,19,23H,7,12-15H2,1H3/t19-/m1/s1. The number of anilines is 1. The van der Waals surface area contributed by atoms with Gasteiger partial charge in [0.2, 0.25) is 0 Å². The maximum absolute atomic E-state index is 12.6. The summed E-state index contributed by atoms with van der Waals surface area (Å²) in [7, 11) is 0. The topological polar surface area (TPSA) is 43.8 Å². The van der Waals surface area contributed by atoms with Crippen molar-refractivity contribution in [1.29, 1.82) is 0 Å². The van der Waals surface area contributed by atoms with E-state index < -0.39 is 6.10 Å². The van der Waals surface area contributed by atoms with Crippen molar-refractivity contribution >= 4 is 11.6 Å². The third kappa shape index (κ3) is 3.60. The first kappa shape index (κ1) is 16.5. The highest BCUT2D eigenvalue weighted by atomic mass is 16.3. The maximum atomic E-state index is 12.6. The molecule has 0 unspecified atom stereocenters. The highest BCUT2D eigenvalue weighted by Gasteiger charge is 2.26. The maximum Gasteiger partial charge on any atom is 0.256 e. The summed E-state index contributed by atoms with van der Waals surface area (Å²) >= 11 is 0. The molecule has 1 fully saturated rings. The zero-order chi connectivity index (χ0) is 16.9. The van der Waals surface area contributed by atoms with Gasteiger partial charge in [-0.1, -0.05) is 48.5 Å². The number of aliphatic hydroxyl groups excluding tert-OH is 1. The summed E-state index contributed by atoms with van der Waals surface area (Å²) in [5.74, 6) is -0.201. The second-order valence-corrected chi connectivity index (χ2v) is 6.27. The molecular formula is C20H24N2O2. The number of aliphatic hydroxyl groups is 1. The molecule has 1 aliphatic heterocycles. The van der Waals surface area contributed by atoms with E-state index in [0.717, 1.165) is 19.5 Å². The summed E-state index contributed by atoms with van der Waals surface area (Å²) in [6, 6.07) is 17.5. The molecular weight excluding hydrogens is 300 g/mol. The Labute approximate surface area is 143 Å². The van der Waals surface area contributed by atoms with Crippen LogP contribution in [0.5, 0.6) is 0 Å². The number of benzene rings is 2. The average Bonchev–Trinajstić information content (AvgIpc) is 2.88. The van der Waals surface area contributed by atoms with Crippen molar-refractivity contribution in [1.82, 2.24) is 4.90 Å². The van der Waals surface area contributed by atoms with Gasteiger partial charge in [-0.3, -0.25) is 4.79 Å². The van der Waals surface area contributed by atoms with Crippen LogP contribution in [0.25, 0.3) is 0 Å². The minimum absolute atomic E-state index is 0.201. The van der Waals surface area contributed by atoms with Crippen LogP contribution in [0.3, 0.4) is 0 Å². The predicted molar refractivity (Wildman–Crippen MR) is 96.0 cm³/mol. The summed E-state index contributed by atoms with van der Waals surface area (Å²) < 4.78 is 0. The molecule has 2 aromatic carbocycles. The van der Waals surface area contributed by atoms with Crippen molar-refractivity contribution in [3.63, 3.8) is 0 Å². The molecule has 1 heterocycles. The first-order valence-electron chi connectivity index (χ1n) is 8.49. The molecule has 1 amide bonds. The number of hydrogen-bond acceptors (Lipinski definition) is 3. The first-order chi connectivity index (χ1) is 11.7. The summed E-state index contributed by atoms with van der Waals surface area (Å²) in [6.07, 6.45) is -0.169. The van der Waals surface area contributed by atoms with Crippen molar-refractivity contribution in [2.75, 3.05) is 31.1 Å². The van der Waals surface area contributed by atoms with E-state index in [1.807, 2.05) is 24.3 Å². The molecule has 1 aliphatic rings. The van der Waals surface area contributed by atoms with E-state index in [9.17, 15) is 9.90 Å². The highest BCUT2D eigenvalue weighted by Crippen LogP contribution is 2.22. The van der Waals surface area contributed by atoms with E-state index in [-0.39, 0.29) is 5.91 Å². The fourth-order valence-corrected chi connectivity index (χ4v) is 3.25. The monoisotopic (exact) mass is 324 g/mol. The molecule has 1 atom stereocenters. The summed E-state index contributed by atoms with van der Waals surface area (Å²) in [4.78, 5) is 16.7. The Bertz CT molecular complexity index is 687. The van der Waals surface area contributed by atoms with E-state index in [1.165, 1.54) is 11.3 Å². The molecule has 2 aromatic rings. The van der Waals surface area contributed by atoms with E-state index >= 15 is 0 Å². The minimum Gasteiger partial charge on any atom is -0.378 e. The van der Waals surface area contributed by atoms with Gasteiger partial charge in [0.15, 0.2) is 6.10 Å². The van der Waals surface area contributed by atoms with Gasteiger partial charge in [0.1, 0.15) is 0 Å². The van der Waals surface area contributed by atoms with Crippen molar-refractivity contribution in [3.05, 3.63) is 65.7 Å². The Balaban J connectivity index is 1.67. The lowest BCUT2D eigenvalue weighted by atomic mass is 10.1. The Morgan fingerprint density at radius 2 is 1.67 bits per heavy atom. The van der Waals surface area contributed by atoms with Crippen LogP contribution in [0.4, 0.5) is 5.69 Å². The third-order valence-electron chi connectivity index (χ3n) is 4.61. The van der Waals surface area contributed by atoms with Crippen LogP contribution in [0.1, 0.15) is 23.7 Å². The van der Waals surface area contributed by atoms with E-state index in [4.69, 9.17) is 0 Å². The molecule has 0 aliphatic carbocycles. The third-order valence-corrected chi connectivity index (χ3v) is 4.61. The van der Waals surface area contributed by atoms with E-state index in [0.29, 0.717) is 18.7 Å². The van der Waals surface area contributed by atoms with Gasteiger partial charge in [-0.25, -0.2) is 0 Å². The Hall–Kier alpha value is -2.33. The van der Waals surface area contributed by atoms with Crippen LogP contribution in [-0.4, -0.2) is 42.1 Å². The quantitative estimate of drug-likeness (QED) is 0.944. The molecule has 3 rings (SSSR count). The summed E-state index contributed by atoms with van der Waals surface area (Å²) in [5, 5.41) is 10.4.